The van der Waals surface area contributed by atoms with Crippen molar-refractivity contribution < 1.29 is 9.90 Å². The Morgan fingerprint density at radius 2 is 2.10 bits per heavy atom. The van der Waals surface area contributed by atoms with Crippen LogP contribution in [0, 0.1) is 0 Å². The van der Waals surface area contributed by atoms with Crippen molar-refractivity contribution >= 4 is 46.0 Å². The molecule has 1 amide bonds. The second-order valence-electron chi connectivity index (χ2n) is 4.27. The van der Waals surface area contributed by atoms with Gasteiger partial charge in [0.15, 0.2) is 0 Å². The highest BCUT2D eigenvalue weighted by atomic mass is 32.2. The lowest BCUT2D eigenvalue weighted by atomic mass is 10.1. The van der Waals surface area contributed by atoms with Crippen LogP contribution in [0.25, 0.3) is 6.08 Å². The summed E-state index contributed by atoms with van der Waals surface area (Å²) in [5, 5.41) is 12.7. The van der Waals surface area contributed by atoms with Crippen LogP contribution in [0.5, 0.6) is 5.75 Å². The summed E-state index contributed by atoms with van der Waals surface area (Å²) < 4.78 is 0.445. The van der Waals surface area contributed by atoms with E-state index in [0.717, 1.165) is 18.8 Å². The Morgan fingerprint density at radius 3 is 2.60 bits per heavy atom. The van der Waals surface area contributed by atoms with Gasteiger partial charge in [-0.3, -0.25) is 4.79 Å². The van der Waals surface area contributed by atoms with Crippen molar-refractivity contribution in [2.24, 2.45) is 0 Å². The molecule has 20 heavy (non-hydrogen) atoms. The molecule has 1 fully saturated rings. The van der Waals surface area contributed by atoms with Gasteiger partial charge in [0.1, 0.15) is 10.1 Å². The van der Waals surface area contributed by atoms with Gasteiger partial charge >= 0.3 is 0 Å². The first-order valence-electron chi connectivity index (χ1n) is 6.38. The smallest absolute Gasteiger partial charge is 0.263 e. The molecule has 0 aromatic heterocycles. The number of aromatic hydroxyl groups is 1. The standard InChI is InChI=1S/C14H16N2O2S2/c1-3-16(4-2)10-6-5-9(11(17)8-10)7-12-13(18)15-14(19)20-12/h5-8,17H,3-4H2,1-2H3,(H,15,18,19). The third kappa shape index (κ3) is 3.13. The molecular weight excluding hydrogens is 292 g/mol. The molecular formula is C14H16N2O2S2. The predicted octanol–water partition coefficient (Wildman–Crippen LogP) is 2.73. The zero-order valence-electron chi connectivity index (χ0n) is 11.3. The molecule has 1 aromatic carbocycles. The average Bonchev–Trinajstić information content (AvgIpc) is 2.72. The largest absolute Gasteiger partial charge is 0.507 e. The summed E-state index contributed by atoms with van der Waals surface area (Å²) in [7, 11) is 0. The Kier molecular flexibility index (Phi) is 4.67. The van der Waals surface area contributed by atoms with Crippen LogP contribution < -0.4 is 10.2 Å². The zero-order chi connectivity index (χ0) is 14.7. The number of rotatable bonds is 4. The Bertz CT molecular complexity index is 581. The third-order valence-corrected chi connectivity index (χ3v) is 4.23. The molecule has 0 spiro atoms. The SMILES string of the molecule is CCN(CC)c1ccc(C=C2SC(=S)NC2=O)c(O)c1. The number of anilines is 1. The predicted molar refractivity (Wildman–Crippen MR) is 88.0 cm³/mol. The molecule has 1 aliphatic heterocycles. The molecule has 0 unspecified atom stereocenters. The number of phenols is 1. The molecule has 1 heterocycles. The number of nitrogens with zero attached hydrogens (tertiary/aromatic N) is 1. The molecule has 4 nitrogen and oxygen atoms in total. The summed E-state index contributed by atoms with van der Waals surface area (Å²) in [6.45, 7) is 5.89. The number of phenolic OH excluding ortho intramolecular Hbond substituents is 1. The summed E-state index contributed by atoms with van der Waals surface area (Å²) in [5.41, 5.74) is 1.58. The minimum Gasteiger partial charge on any atom is -0.507 e. The molecule has 6 heteroatoms. The lowest BCUT2D eigenvalue weighted by molar-refractivity contribution is -0.115. The Morgan fingerprint density at radius 1 is 1.40 bits per heavy atom. The lowest BCUT2D eigenvalue weighted by Crippen LogP contribution is -2.21. The van der Waals surface area contributed by atoms with Gasteiger partial charge in [-0.15, -0.1) is 0 Å². The van der Waals surface area contributed by atoms with Crippen LogP contribution >= 0.6 is 24.0 Å². The van der Waals surface area contributed by atoms with Gasteiger partial charge in [0.25, 0.3) is 5.91 Å². The summed E-state index contributed by atoms with van der Waals surface area (Å²) in [6, 6.07) is 5.47. The van der Waals surface area contributed by atoms with Crippen molar-refractivity contribution in [2.75, 3.05) is 18.0 Å². The van der Waals surface area contributed by atoms with E-state index in [1.165, 1.54) is 11.8 Å². The molecule has 1 saturated heterocycles. The molecule has 0 aliphatic carbocycles. The van der Waals surface area contributed by atoms with Gasteiger partial charge in [-0.2, -0.15) is 0 Å². The van der Waals surface area contributed by atoms with E-state index in [1.54, 1.807) is 12.1 Å². The van der Waals surface area contributed by atoms with E-state index in [2.05, 4.69) is 24.1 Å². The van der Waals surface area contributed by atoms with E-state index < -0.39 is 0 Å². The second-order valence-corrected chi connectivity index (χ2v) is 5.99. The molecule has 2 N–H and O–H groups in total. The number of hydrogen-bond acceptors (Lipinski definition) is 5. The molecule has 1 aliphatic rings. The molecule has 0 bridgehead atoms. The fourth-order valence-electron chi connectivity index (χ4n) is 2.00. The number of amides is 1. The van der Waals surface area contributed by atoms with Crippen molar-refractivity contribution in [1.29, 1.82) is 0 Å². The van der Waals surface area contributed by atoms with E-state index in [4.69, 9.17) is 12.2 Å². The molecule has 2 rings (SSSR count). The zero-order valence-corrected chi connectivity index (χ0v) is 13.0. The maximum Gasteiger partial charge on any atom is 0.263 e. The van der Waals surface area contributed by atoms with Crippen LogP contribution in [0.1, 0.15) is 19.4 Å². The highest BCUT2D eigenvalue weighted by Gasteiger charge is 2.22. The first kappa shape index (κ1) is 14.9. The number of benzene rings is 1. The summed E-state index contributed by atoms with van der Waals surface area (Å²) >= 11 is 6.14. The van der Waals surface area contributed by atoms with Gasteiger partial charge in [0.2, 0.25) is 0 Å². The lowest BCUT2D eigenvalue weighted by Gasteiger charge is -2.21. The minimum absolute atomic E-state index is 0.160. The summed E-state index contributed by atoms with van der Waals surface area (Å²) in [6.07, 6.45) is 1.65. The third-order valence-electron chi connectivity index (χ3n) is 3.07. The fourth-order valence-corrected chi connectivity index (χ4v) is 3.04. The first-order chi connectivity index (χ1) is 9.55. The van der Waals surface area contributed by atoms with Crippen LogP contribution in [0.3, 0.4) is 0 Å². The monoisotopic (exact) mass is 308 g/mol. The van der Waals surface area contributed by atoms with Crippen molar-refractivity contribution in [3.05, 3.63) is 28.7 Å². The maximum absolute atomic E-state index is 11.6. The normalized spacial score (nSPS) is 16.6. The Labute approximate surface area is 127 Å². The topological polar surface area (TPSA) is 52.6 Å². The van der Waals surface area contributed by atoms with Gasteiger partial charge < -0.3 is 15.3 Å². The van der Waals surface area contributed by atoms with Gasteiger partial charge in [-0.25, -0.2) is 0 Å². The van der Waals surface area contributed by atoms with E-state index in [0.29, 0.717) is 14.8 Å². The molecule has 1 aromatic rings. The van der Waals surface area contributed by atoms with Gasteiger partial charge in [-0.1, -0.05) is 24.0 Å². The average molecular weight is 308 g/mol. The number of hydrogen-bond donors (Lipinski definition) is 2. The molecule has 0 radical (unpaired) electrons. The molecule has 0 atom stereocenters. The van der Waals surface area contributed by atoms with Crippen LogP contribution in [-0.2, 0) is 4.79 Å². The van der Waals surface area contributed by atoms with Gasteiger partial charge in [-0.05, 0) is 32.1 Å². The van der Waals surface area contributed by atoms with E-state index in [9.17, 15) is 9.90 Å². The van der Waals surface area contributed by atoms with E-state index in [-0.39, 0.29) is 11.7 Å². The van der Waals surface area contributed by atoms with Crippen molar-refractivity contribution in [2.45, 2.75) is 13.8 Å². The first-order valence-corrected chi connectivity index (χ1v) is 7.60. The second kappa shape index (κ2) is 6.28. The quantitative estimate of drug-likeness (QED) is 0.662. The van der Waals surface area contributed by atoms with Crippen LogP contribution in [0.15, 0.2) is 23.1 Å². The molecule has 106 valence electrons. The fraction of sp³-hybridized carbons (Fsp3) is 0.286. The van der Waals surface area contributed by atoms with Gasteiger partial charge in [0, 0.05) is 30.4 Å². The highest BCUT2D eigenvalue weighted by Crippen LogP contribution is 2.31. The number of thiocarbonyl (C=S) groups is 1. The van der Waals surface area contributed by atoms with E-state index >= 15 is 0 Å². The van der Waals surface area contributed by atoms with Gasteiger partial charge in [0.05, 0.1) is 4.91 Å². The minimum atomic E-state index is -0.216. The van der Waals surface area contributed by atoms with Crippen LogP contribution in [0.4, 0.5) is 5.69 Å². The maximum atomic E-state index is 11.6. The summed E-state index contributed by atoms with van der Waals surface area (Å²) in [4.78, 5) is 14.2. The highest BCUT2D eigenvalue weighted by molar-refractivity contribution is 8.26. The van der Waals surface area contributed by atoms with Crippen LogP contribution in [0.2, 0.25) is 0 Å². The van der Waals surface area contributed by atoms with Crippen molar-refractivity contribution in [1.82, 2.24) is 5.32 Å². The Hall–Kier alpha value is -1.53. The van der Waals surface area contributed by atoms with Crippen molar-refractivity contribution in [3.8, 4) is 5.75 Å². The van der Waals surface area contributed by atoms with Crippen LogP contribution in [-0.4, -0.2) is 28.4 Å². The van der Waals surface area contributed by atoms with E-state index in [1.807, 2.05) is 12.1 Å². The van der Waals surface area contributed by atoms with Crippen molar-refractivity contribution in [3.63, 3.8) is 0 Å². The summed E-state index contributed by atoms with van der Waals surface area (Å²) in [5.74, 6) is -0.0552. The number of carbonyl (C=O) groups is 1. The number of carbonyl (C=O) groups excluding carboxylic acids is 1. The Balaban J connectivity index is 2.29. The molecule has 0 saturated carbocycles. The number of thioether (sulfide) groups is 1. The number of nitrogens with one attached hydrogen (secondary N) is 1.